The van der Waals surface area contributed by atoms with Crippen LogP contribution in [0.4, 0.5) is 5.69 Å². The number of piperazine rings is 1. The molecule has 2 aliphatic heterocycles. The van der Waals surface area contributed by atoms with Crippen molar-refractivity contribution >= 4 is 11.6 Å². The molecule has 4 rings (SSSR count). The van der Waals surface area contributed by atoms with Crippen molar-refractivity contribution in [2.45, 2.75) is 20.3 Å². The fourth-order valence-electron chi connectivity index (χ4n) is 4.14. The molecule has 0 saturated carbocycles. The Hall–Kier alpha value is -2.69. The maximum atomic E-state index is 13.1. The second-order valence-corrected chi connectivity index (χ2v) is 7.79. The molecule has 2 aromatic carbocycles. The number of rotatable bonds is 3. The van der Waals surface area contributed by atoms with Crippen molar-refractivity contribution in [1.29, 1.82) is 0 Å². The van der Waals surface area contributed by atoms with Crippen LogP contribution in [-0.4, -0.2) is 50.7 Å². The summed E-state index contributed by atoms with van der Waals surface area (Å²) in [5.41, 5.74) is 4.90. The molecule has 0 bridgehead atoms. The van der Waals surface area contributed by atoms with Gasteiger partial charge in [0.2, 0.25) is 5.91 Å². The van der Waals surface area contributed by atoms with Gasteiger partial charge in [0.1, 0.15) is 18.1 Å². The van der Waals surface area contributed by atoms with E-state index < -0.39 is 0 Å². The lowest BCUT2D eigenvalue weighted by Crippen LogP contribution is -2.51. The summed E-state index contributed by atoms with van der Waals surface area (Å²) in [6, 6.07) is 12.4. The summed E-state index contributed by atoms with van der Waals surface area (Å²) in [5.74, 6) is 1.75. The number of ether oxygens (including phenoxy) is 2. The lowest BCUT2D eigenvalue weighted by Gasteiger charge is -2.39. The van der Waals surface area contributed by atoms with Crippen molar-refractivity contribution in [2.24, 2.45) is 5.92 Å². The Morgan fingerprint density at radius 2 is 1.86 bits per heavy atom. The fraction of sp³-hybridized carbons (Fsp3) is 0.435. The molecule has 0 aliphatic carbocycles. The van der Waals surface area contributed by atoms with Gasteiger partial charge in [-0.05, 0) is 61.2 Å². The summed E-state index contributed by atoms with van der Waals surface area (Å²) in [5, 5.41) is 0. The third-order valence-electron chi connectivity index (χ3n) is 5.82. The predicted octanol–water partition coefficient (Wildman–Crippen LogP) is 3.21. The third kappa shape index (κ3) is 3.66. The molecule has 0 radical (unpaired) electrons. The first-order valence-corrected chi connectivity index (χ1v) is 9.96. The highest BCUT2D eigenvalue weighted by atomic mass is 16.5. The number of fused-ring (bicyclic) bond motifs is 1. The van der Waals surface area contributed by atoms with E-state index in [0.717, 1.165) is 43.2 Å². The van der Waals surface area contributed by atoms with Crippen LogP contribution in [0.3, 0.4) is 0 Å². The highest BCUT2D eigenvalue weighted by Gasteiger charge is 2.31. The van der Waals surface area contributed by atoms with Gasteiger partial charge in [0.05, 0.1) is 13.0 Å². The first kappa shape index (κ1) is 18.7. The number of benzene rings is 2. The molecule has 1 amide bonds. The second kappa shape index (κ2) is 7.74. The van der Waals surface area contributed by atoms with Crippen molar-refractivity contribution < 1.29 is 14.3 Å². The lowest BCUT2D eigenvalue weighted by molar-refractivity contribution is -0.137. The number of carbonyl (C=O) groups is 1. The average Bonchev–Trinajstić information content (AvgIpc) is 2.74. The van der Waals surface area contributed by atoms with Gasteiger partial charge in [0, 0.05) is 31.9 Å². The number of hydrogen-bond acceptors (Lipinski definition) is 4. The number of aryl methyl sites for hydroxylation is 2. The number of carbonyl (C=O) groups excluding carboxylic acids is 1. The summed E-state index contributed by atoms with van der Waals surface area (Å²) >= 11 is 0. The Labute approximate surface area is 166 Å². The molecule has 0 unspecified atom stereocenters. The molecule has 148 valence electrons. The largest absolute Gasteiger partial charge is 0.497 e. The van der Waals surface area contributed by atoms with E-state index in [4.69, 9.17) is 9.47 Å². The molecule has 0 spiro atoms. The molecule has 2 heterocycles. The smallest absolute Gasteiger partial charge is 0.229 e. The maximum Gasteiger partial charge on any atom is 0.229 e. The fourth-order valence-corrected chi connectivity index (χ4v) is 4.14. The summed E-state index contributed by atoms with van der Waals surface area (Å²) in [4.78, 5) is 17.5. The minimum atomic E-state index is -0.119. The van der Waals surface area contributed by atoms with Gasteiger partial charge in [-0.3, -0.25) is 4.79 Å². The topological polar surface area (TPSA) is 42.0 Å². The molecule has 28 heavy (non-hydrogen) atoms. The Morgan fingerprint density at radius 3 is 2.61 bits per heavy atom. The molecule has 0 aromatic heterocycles. The van der Waals surface area contributed by atoms with Crippen molar-refractivity contribution in [3.8, 4) is 11.5 Å². The molecule has 5 heteroatoms. The molecular weight excluding hydrogens is 352 g/mol. The van der Waals surface area contributed by atoms with Crippen LogP contribution in [0.15, 0.2) is 36.4 Å². The highest BCUT2D eigenvalue weighted by Crippen LogP contribution is 2.31. The SMILES string of the molecule is COc1ccc2c(c1)C[C@@H](C(=O)N1CCN(c3cc(C)ccc3C)CC1)CO2. The van der Waals surface area contributed by atoms with E-state index in [1.165, 1.54) is 16.8 Å². The Morgan fingerprint density at radius 1 is 1.07 bits per heavy atom. The quantitative estimate of drug-likeness (QED) is 0.820. The number of amides is 1. The van der Waals surface area contributed by atoms with E-state index >= 15 is 0 Å². The van der Waals surface area contributed by atoms with Crippen molar-refractivity contribution in [1.82, 2.24) is 4.90 Å². The van der Waals surface area contributed by atoms with E-state index in [0.29, 0.717) is 13.0 Å². The van der Waals surface area contributed by atoms with E-state index in [9.17, 15) is 4.79 Å². The zero-order valence-corrected chi connectivity index (χ0v) is 16.9. The molecule has 1 fully saturated rings. The summed E-state index contributed by atoms with van der Waals surface area (Å²) in [7, 11) is 1.66. The van der Waals surface area contributed by atoms with Gasteiger partial charge < -0.3 is 19.3 Å². The first-order valence-electron chi connectivity index (χ1n) is 9.96. The van der Waals surface area contributed by atoms with Crippen LogP contribution in [0.25, 0.3) is 0 Å². The predicted molar refractivity (Wildman–Crippen MR) is 110 cm³/mol. The van der Waals surface area contributed by atoms with Gasteiger partial charge in [-0.1, -0.05) is 12.1 Å². The lowest BCUT2D eigenvalue weighted by atomic mass is 9.95. The number of anilines is 1. The number of methoxy groups -OCH3 is 1. The molecule has 1 atom stereocenters. The number of nitrogens with zero attached hydrogens (tertiary/aromatic N) is 2. The zero-order valence-electron chi connectivity index (χ0n) is 16.9. The van der Waals surface area contributed by atoms with Crippen LogP contribution in [-0.2, 0) is 11.2 Å². The Bertz CT molecular complexity index is 872. The number of hydrogen-bond donors (Lipinski definition) is 0. The van der Waals surface area contributed by atoms with Crippen LogP contribution >= 0.6 is 0 Å². The molecule has 5 nitrogen and oxygen atoms in total. The third-order valence-corrected chi connectivity index (χ3v) is 5.82. The van der Waals surface area contributed by atoms with Gasteiger partial charge in [0.15, 0.2) is 0 Å². The van der Waals surface area contributed by atoms with Gasteiger partial charge in [-0.25, -0.2) is 0 Å². The molecular formula is C23H28N2O3. The second-order valence-electron chi connectivity index (χ2n) is 7.79. The molecule has 0 N–H and O–H groups in total. The van der Waals surface area contributed by atoms with Crippen LogP contribution < -0.4 is 14.4 Å². The first-order chi connectivity index (χ1) is 13.5. The van der Waals surface area contributed by atoms with Crippen LogP contribution in [0.5, 0.6) is 11.5 Å². The van der Waals surface area contributed by atoms with E-state index in [1.807, 2.05) is 23.1 Å². The van der Waals surface area contributed by atoms with Gasteiger partial charge in [-0.2, -0.15) is 0 Å². The summed E-state index contributed by atoms with van der Waals surface area (Å²) in [6.45, 7) is 7.98. The van der Waals surface area contributed by atoms with E-state index in [2.05, 4.69) is 36.9 Å². The summed E-state index contributed by atoms with van der Waals surface area (Å²) in [6.07, 6.45) is 0.711. The maximum absolute atomic E-state index is 13.1. The van der Waals surface area contributed by atoms with E-state index in [-0.39, 0.29) is 11.8 Å². The Balaban J connectivity index is 1.39. The molecule has 2 aromatic rings. The summed E-state index contributed by atoms with van der Waals surface area (Å²) < 4.78 is 11.2. The highest BCUT2D eigenvalue weighted by molar-refractivity contribution is 5.80. The van der Waals surface area contributed by atoms with Crippen molar-refractivity contribution in [3.63, 3.8) is 0 Å². The minimum absolute atomic E-state index is 0.119. The van der Waals surface area contributed by atoms with E-state index in [1.54, 1.807) is 7.11 Å². The minimum Gasteiger partial charge on any atom is -0.497 e. The monoisotopic (exact) mass is 380 g/mol. The van der Waals surface area contributed by atoms with Gasteiger partial charge in [-0.15, -0.1) is 0 Å². The average molecular weight is 380 g/mol. The van der Waals surface area contributed by atoms with Gasteiger partial charge in [0.25, 0.3) is 0 Å². The van der Waals surface area contributed by atoms with Crippen LogP contribution in [0.2, 0.25) is 0 Å². The normalized spacial score (nSPS) is 19.0. The van der Waals surface area contributed by atoms with Gasteiger partial charge >= 0.3 is 0 Å². The van der Waals surface area contributed by atoms with Crippen LogP contribution in [0.1, 0.15) is 16.7 Å². The Kier molecular flexibility index (Phi) is 5.16. The van der Waals surface area contributed by atoms with Crippen molar-refractivity contribution in [3.05, 3.63) is 53.1 Å². The van der Waals surface area contributed by atoms with Crippen LogP contribution in [0, 0.1) is 19.8 Å². The zero-order chi connectivity index (χ0) is 19.7. The van der Waals surface area contributed by atoms with Crippen molar-refractivity contribution in [2.75, 3.05) is 44.8 Å². The molecule has 1 saturated heterocycles. The standard InChI is InChI=1S/C23H28N2O3/c1-16-4-5-17(2)21(12-16)24-8-10-25(11-9-24)23(26)19-13-18-14-20(27-3)6-7-22(18)28-15-19/h4-7,12,14,19H,8-11,13,15H2,1-3H3/t19-/m1/s1. The molecule has 2 aliphatic rings.